The van der Waals surface area contributed by atoms with Gasteiger partial charge in [-0.3, -0.25) is 9.48 Å². The summed E-state index contributed by atoms with van der Waals surface area (Å²) in [5.74, 6) is 1.38. The molecule has 0 atom stereocenters. The van der Waals surface area contributed by atoms with E-state index in [4.69, 9.17) is 9.47 Å². The van der Waals surface area contributed by atoms with Crippen LogP contribution in [0.4, 0.5) is 0 Å². The lowest BCUT2D eigenvalue weighted by Crippen LogP contribution is -2.27. The van der Waals surface area contributed by atoms with Gasteiger partial charge < -0.3 is 14.8 Å². The van der Waals surface area contributed by atoms with Crippen molar-refractivity contribution in [3.63, 3.8) is 0 Å². The molecule has 0 fully saturated rings. The molecular weight excluding hydrogens is 246 g/mol. The largest absolute Gasteiger partial charge is 0.454 e. The first kappa shape index (κ1) is 11.6. The van der Waals surface area contributed by atoms with Gasteiger partial charge in [0.05, 0.1) is 0 Å². The first-order valence-electron chi connectivity index (χ1n) is 5.94. The third-order valence-corrected chi connectivity index (χ3v) is 2.79. The monoisotopic (exact) mass is 259 g/mol. The average Bonchev–Trinajstić information content (AvgIpc) is 3.06. The van der Waals surface area contributed by atoms with E-state index in [9.17, 15) is 4.79 Å². The van der Waals surface area contributed by atoms with Crippen molar-refractivity contribution in [2.24, 2.45) is 0 Å². The standard InChI is InChI=1S/C13H13N3O3/c17-13(8-16-5-1-4-15-16)14-7-10-2-3-11-12(6-10)19-9-18-11/h1-6H,7-9H2,(H,14,17). The summed E-state index contributed by atoms with van der Waals surface area (Å²) in [7, 11) is 0. The van der Waals surface area contributed by atoms with Gasteiger partial charge in [0.15, 0.2) is 11.5 Å². The van der Waals surface area contributed by atoms with Gasteiger partial charge in [-0.2, -0.15) is 5.10 Å². The number of amides is 1. The average molecular weight is 259 g/mol. The Bertz CT molecular complexity index is 581. The molecule has 0 saturated carbocycles. The van der Waals surface area contributed by atoms with Crippen LogP contribution in [0.15, 0.2) is 36.7 Å². The Hall–Kier alpha value is -2.50. The molecular formula is C13H13N3O3. The molecule has 0 radical (unpaired) electrons. The molecule has 2 aromatic rings. The number of carbonyl (C=O) groups is 1. The van der Waals surface area contributed by atoms with Gasteiger partial charge in [0, 0.05) is 18.9 Å². The number of rotatable bonds is 4. The summed E-state index contributed by atoms with van der Waals surface area (Å²) in [6.45, 7) is 0.929. The highest BCUT2D eigenvalue weighted by molar-refractivity contribution is 5.75. The van der Waals surface area contributed by atoms with E-state index in [1.54, 1.807) is 23.1 Å². The second-order valence-corrected chi connectivity index (χ2v) is 4.17. The molecule has 0 bridgehead atoms. The third kappa shape index (κ3) is 2.67. The quantitative estimate of drug-likeness (QED) is 0.887. The van der Waals surface area contributed by atoms with Gasteiger partial charge in [-0.05, 0) is 23.8 Å². The van der Waals surface area contributed by atoms with E-state index in [1.807, 2.05) is 18.2 Å². The Kier molecular flexibility index (Phi) is 3.06. The molecule has 1 aromatic heterocycles. The number of hydrogen-bond acceptors (Lipinski definition) is 4. The number of nitrogens with one attached hydrogen (secondary N) is 1. The maximum Gasteiger partial charge on any atom is 0.241 e. The fourth-order valence-electron chi connectivity index (χ4n) is 1.85. The van der Waals surface area contributed by atoms with Gasteiger partial charge in [-0.1, -0.05) is 6.07 Å². The Morgan fingerprint density at radius 1 is 1.37 bits per heavy atom. The molecule has 3 rings (SSSR count). The predicted octanol–water partition coefficient (Wildman–Crippen LogP) is 0.928. The third-order valence-electron chi connectivity index (χ3n) is 2.79. The molecule has 98 valence electrons. The molecule has 0 unspecified atom stereocenters. The zero-order valence-electron chi connectivity index (χ0n) is 10.2. The van der Waals surface area contributed by atoms with Crippen LogP contribution in [0.1, 0.15) is 5.56 Å². The number of nitrogens with zero attached hydrogens (tertiary/aromatic N) is 2. The highest BCUT2D eigenvalue weighted by Crippen LogP contribution is 2.32. The molecule has 1 aromatic carbocycles. The molecule has 0 aliphatic carbocycles. The lowest BCUT2D eigenvalue weighted by atomic mass is 10.2. The van der Waals surface area contributed by atoms with E-state index in [-0.39, 0.29) is 19.2 Å². The van der Waals surface area contributed by atoms with Gasteiger partial charge in [-0.15, -0.1) is 0 Å². The van der Waals surface area contributed by atoms with Gasteiger partial charge in [0.2, 0.25) is 12.7 Å². The first-order valence-corrected chi connectivity index (χ1v) is 5.94. The van der Waals surface area contributed by atoms with E-state index >= 15 is 0 Å². The summed E-state index contributed by atoms with van der Waals surface area (Å²) in [6.07, 6.45) is 3.39. The van der Waals surface area contributed by atoms with E-state index < -0.39 is 0 Å². The molecule has 1 aliphatic heterocycles. The van der Waals surface area contributed by atoms with Crippen LogP contribution in [-0.4, -0.2) is 22.5 Å². The van der Waals surface area contributed by atoms with E-state index in [1.165, 1.54) is 0 Å². The molecule has 1 amide bonds. The Labute approximate surface area is 109 Å². The molecule has 0 spiro atoms. The summed E-state index contributed by atoms with van der Waals surface area (Å²) in [5, 5.41) is 6.81. The number of aromatic nitrogens is 2. The van der Waals surface area contributed by atoms with Crippen molar-refractivity contribution in [1.29, 1.82) is 0 Å². The van der Waals surface area contributed by atoms with Gasteiger partial charge in [-0.25, -0.2) is 0 Å². The van der Waals surface area contributed by atoms with Crippen molar-refractivity contribution in [2.45, 2.75) is 13.1 Å². The minimum absolute atomic E-state index is 0.0821. The zero-order valence-corrected chi connectivity index (χ0v) is 10.2. The van der Waals surface area contributed by atoms with Crippen LogP contribution < -0.4 is 14.8 Å². The van der Waals surface area contributed by atoms with Crippen LogP contribution in [0, 0.1) is 0 Å². The van der Waals surface area contributed by atoms with Crippen molar-refractivity contribution in [3.8, 4) is 11.5 Å². The van der Waals surface area contributed by atoms with Gasteiger partial charge in [0.1, 0.15) is 6.54 Å². The van der Waals surface area contributed by atoms with Crippen molar-refractivity contribution in [3.05, 3.63) is 42.2 Å². The van der Waals surface area contributed by atoms with Gasteiger partial charge >= 0.3 is 0 Å². The van der Waals surface area contributed by atoms with Crippen LogP contribution in [0.25, 0.3) is 0 Å². The molecule has 1 N–H and O–H groups in total. The van der Waals surface area contributed by atoms with E-state index in [0.717, 1.165) is 17.1 Å². The summed E-state index contributed by atoms with van der Waals surface area (Å²) >= 11 is 0. The maximum absolute atomic E-state index is 11.7. The predicted molar refractivity (Wildman–Crippen MR) is 66.6 cm³/mol. The fraction of sp³-hybridized carbons (Fsp3) is 0.231. The fourth-order valence-corrected chi connectivity index (χ4v) is 1.85. The minimum atomic E-state index is -0.0821. The van der Waals surface area contributed by atoms with Crippen LogP contribution in [-0.2, 0) is 17.9 Å². The second kappa shape index (κ2) is 5.01. The number of benzene rings is 1. The number of ether oxygens (including phenoxy) is 2. The summed E-state index contributed by atoms with van der Waals surface area (Å²) in [6, 6.07) is 7.40. The summed E-state index contributed by atoms with van der Waals surface area (Å²) in [4.78, 5) is 11.7. The smallest absolute Gasteiger partial charge is 0.241 e. The zero-order chi connectivity index (χ0) is 13.1. The molecule has 6 nitrogen and oxygen atoms in total. The van der Waals surface area contributed by atoms with Crippen molar-refractivity contribution < 1.29 is 14.3 Å². The van der Waals surface area contributed by atoms with Crippen molar-refractivity contribution in [2.75, 3.05) is 6.79 Å². The van der Waals surface area contributed by atoms with Crippen LogP contribution in [0.5, 0.6) is 11.5 Å². The van der Waals surface area contributed by atoms with Crippen LogP contribution >= 0.6 is 0 Å². The van der Waals surface area contributed by atoms with Gasteiger partial charge in [0.25, 0.3) is 0 Å². The van der Waals surface area contributed by atoms with E-state index in [0.29, 0.717) is 6.54 Å². The summed E-state index contributed by atoms with van der Waals surface area (Å²) < 4.78 is 12.1. The Morgan fingerprint density at radius 2 is 2.26 bits per heavy atom. The van der Waals surface area contributed by atoms with E-state index in [2.05, 4.69) is 10.4 Å². The number of carbonyl (C=O) groups excluding carboxylic acids is 1. The Balaban J connectivity index is 1.56. The second-order valence-electron chi connectivity index (χ2n) is 4.17. The molecule has 2 heterocycles. The topological polar surface area (TPSA) is 65.4 Å². The van der Waals surface area contributed by atoms with Crippen molar-refractivity contribution >= 4 is 5.91 Å². The SMILES string of the molecule is O=C(Cn1cccn1)NCc1ccc2c(c1)OCO2. The highest BCUT2D eigenvalue weighted by atomic mass is 16.7. The normalized spacial score (nSPS) is 12.4. The van der Waals surface area contributed by atoms with Crippen LogP contribution in [0.3, 0.4) is 0 Å². The number of hydrogen-bond donors (Lipinski definition) is 1. The molecule has 1 aliphatic rings. The van der Waals surface area contributed by atoms with Crippen molar-refractivity contribution in [1.82, 2.24) is 15.1 Å². The summed E-state index contributed by atoms with van der Waals surface area (Å²) in [5.41, 5.74) is 0.970. The molecule has 19 heavy (non-hydrogen) atoms. The van der Waals surface area contributed by atoms with Crippen LogP contribution in [0.2, 0.25) is 0 Å². The molecule has 0 saturated heterocycles. The Morgan fingerprint density at radius 3 is 3.11 bits per heavy atom. The molecule has 6 heteroatoms. The lowest BCUT2D eigenvalue weighted by molar-refractivity contribution is -0.122. The minimum Gasteiger partial charge on any atom is -0.454 e. The maximum atomic E-state index is 11.7. The highest BCUT2D eigenvalue weighted by Gasteiger charge is 2.13. The number of fused-ring (bicyclic) bond motifs is 1. The lowest BCUT2D eigenvalue weighted by Gasteiger charge is -2.06. The first-order chi connectivity index (χ1) is 9.31.